The second-order valence-corrected chi connectivity index (χ2v) is 6.78. The zero-order valence-electron chi connectivity index (χ0n) is 11.4. The van der Waals surface area contributed by atoms with E-state index in [4.69, 9.17) is 4.74 Å². The summed E-state index contributed by atoms with van der Waals surface area (Å²) in [6, 6.07) is 0.604. The van der Waals surface area contributed by atoms with E-state index in [9.17, 15) is 0 Å². The fourth-order valence-electron chi connectivity index (χ4n) is 3.84. The van der Waals surface area contributed by atoms with Crippen molar-refractivity contribution in [3.63, 3.8) is 0 Å². The highest BCUT2D eigenvalue weighted by molar-refractivity contribution is 5.05. The second kappa shape index (κ2) is 4.55. The maximum absolute atomic E-state index is 6.14. The molecule has 3 aliphatic rings. The Bertz CT molecular complexity index is 270. The predicted octanol–water partition coefficient (Wildman–Crippen LogP) is 2.97. The van der Waals surface area contributed by atoms with Crippen LogP contribution in [0.5, 0.6) is 0 Å². The van der Waals surface area contributed by atoms with Gasteiger partial charge in [-0.1, -0.05) is 20.3 Å². The van der Waals surface area contributed by atoms with Crippen LogP contribution in [0.1, 0.15) is 52.4 Å². The molecule has 2 unspecified atom stereocenters. The minimum atomic E-state index is 0.490. The first-order valence-corrected chi connectivity index (χ1v) is 7.57. The Morgan fingerprint density at radius 1 is 1.24 bits per heavy atom. The van der Waals surface area contributed by atoms with Gasteiger partial charge in [-0.05, 0) is 43.9 Å². The number of rotatable bonds is 5. The summed E-state index contributed by atoms with van der Waals surface area (Å²) in [6.45, 7) is 6.72. The molecule has 17 heavy (non-hydrogen) atoms. The molecular formula is C15H27NO. The zero-order chi connectivity index (χ0) is 11.9. The van der Waals surface area contributed by atoms with Crippen LogP contribution >= 0.6 is 0 Å². The Morgan fingerprint density at radius 2 is 2.00 bits per heavy atom. The predicted molar refractivity (Wildman–Crippen MR) is 70.0 cm³/mol. The molecule has 0 amide bonds. The summed E-state index contributed by atoms with van der Waals surface area (Å²) in [6.07, 6.45) is 9.07. The molecule has 2 heteroatoms. The summed E-state index contributed by atoms with van der Waals surface area (Å²) in [7, 11) is 0. The lowest BCUT2D eigenvalue weighted by molar-refractivity contribution is -0.0251. The molecule has 0 bridgehead atoms. The van der Waals surface area contributed by atoms with Gasteiger partial charge in [0.25, 0.3) is 0 Å². The van der Waals surface area contributed by atoms with Gasteiger partial charge >= 0.3 is 0 Å². The van der Waals surface area contributed by atoms with Gasteiger partial charge in [0.1, 0.15) is 0 Å². The molecule has 2 atom stereocenters. The fourth-order valence-corrected chi connectivity index (χ4v) is 3.84. The lowest BCUT2D eigenvalue weighted by Crippen LogP contribution is -2.50. The smallest absolute Gasteiger partial charge is 0.0675 e. The number of nitrogens with one attached hydrogen (secondary N) is 1. The number of hydrogen-bond acceptors (Lipinski definition) is 2. The van der Waals surface area contributed by atoms with Gasteiger partial charge in [-0.2, -0.15) is 0 Å². The van der Waals surface area contributed by atoms with Gasteiger partial charge in [-0.3, -0.25) is 0 Å². The van der Waals surface area contributed by atoms with E-state index >= 15 is 0 Å². The third-order valence-electron chi connectivity index (χ3n) is 5.24. The molecule has 0 aromatic heterocycles. The van der Waals surface area contributed by atoms with E-state index in [0.717, 1.165) is 18.4 Å². The average Bonchev–Trinajstić information content (AvgIpc) is 2.96. The molecule has 0 spiro atoms. The highest BCUT2D eigenvalue weighted by atomic mass is 16.5. The number of ether oxygens (including phenoxy) is 1. The van der Waals surface area contributed by atoms with Crippen LogP contribution < -0.4 is 5.32 Å². The van der Waals surface area contributed by atoms with Crippen molar-refractivity contribution in [2.75, 3.05) is 13.2 Å². The largest absolute Gasteiger partial charge is 0.377 e. The van der Waals surface area contributed by atoms with Gasteiger partial charge in [-0.15, -0.1) is 0 Å². The SMILES string of the molecule is CC(C)NCC1(C2CCC2)CCOC1C1CC1. The molecular weight excluding hydrogens is 210 g/mol. The molecule has 2 saturated carbocycles. The Balaban J connectivity index is 1.74. The first-order valence-electron chi connectivity index (χ1n) is 7.57. The number of hydrogen-bond donors (Lipinski definition) is 1. The lowest BCUT2D eigenvalue weighted by Gasteiger charge is -2.46. The molecule has 3 rings (SSSR count). The Hall–Kier alpha value is -0.0800. The first kappa shape index (κ1) is 12.0. The molecule has 2 nitrogen and oxygen atoms in total. The Morgan fingerprint density at radius 3 is 2.53 bits per heavy atom. The van der Waals surface area contributed by atoms with Crippen molar-refractivity contribution in [1.82, 2.24) is 5.32 Å². The van der Waals surface area contributed by atoms with Crippen molar-refractivity contribution >= 4 is 0 Å². The monoisotopic (exact) mass is 237 g/mol. The molecule has 1 saturated heterocycles. The summed E-state index contributed by atoms with van der Waals surface area (Å²) in [5, 5.41) is 3.71. The third-order valence-corrected chi connectivity index (χ3v) is 5.24. The van der Waals surface area contributed by atoms with E-state index in [1.165, 1.54) is 45.1 Å². The molecule has 1 heterocycles. The van der Waals surface area contributed by atoms with Gasteiger partial charge < -0.3 is 10.1 Å². The van der Waals surface area contributed by atoms with Crippen LogP contribution in [0.2, 0.25) is 0 Å². The normalized spacial score (nSPS) is 38.6. The van der Waals surface area contributed by atoms with Gasteiger partial charge in [0.2, 0.25) is 0 Å². The van der Waals surface area contributed by atoms with Crippen molar-refractivity contribution in [3.05, 3.63) is 0 Å². The highest BCUT2D eigenvalue weighted by Crippen LogP contribution is 2.56. The van der Waals surface area contributed by atoms with Crippen LogP contribution in [0.3, 0.4) is 0 Å². The van der Waals surface area contributed by atoms with Crippen molar-refractivity contribution in [3.8, 4) is 0 Å². The molecule has 98 valence electrons. The molecule has 0 aromatic carbocycles. The third kappa shape index (κ3) is 2.15. The van der Waals surface area contributed by atoms with Crippen molar-refractivity contribution in [2.45, 2.75) is 64.5 Å². The van der Waals surface area contributed by atoms with Crippen molar-refractivity contribution in [1.29, 1.82) is 0 Å². The summed E-state index contributed by atoms with van der Waals surface area (Å²) < 4.78 is 6.14. The summed E-state index contributed by atoms with van der Waals surface area (Å²) in [4.78, 5) is 0. The van der Waals surface area contributed by atoms with E-state index in [-0.39, 0.29) is 0 Å². The standard InChI is InChI=1S/C15H27NO/c1-11(2)16-10-15(13-4-3-5-13)8-9-17-14(15)12-6-7-12/h11-14,16H,3-10H2,1-2H3. The van der Waals surface area contributed by atoms with Gasteiger partial charge in [-0.25, -0.2) is 0 Å². The Kier molecular flexibility index (Phi) is 3.20. The minimum absolute atomic E-state index is 0.490. The van der Waals surface area contributed by atoms with E-state index in [0.29, 0.717) is 17.6 Å². The summed E-state index contributed by atoms with van der Waals surface area (Å²) >= 11 is 0. The Labute approximate surface area is 105 Å². The quantitative estimate of drug-likeness (QED) is 0.793. The van der Waals surface area contributed by atoms with E-state index in [1.54, 1.807) is 0 Å². The van der Waals surface area contributed by atoms with Gasteiger partial charge in [0, 0.05) is 24.6 Å². The molecule has 2 aliphatic carbocycles. The van der Waals surface area contributed by atoms with Crippen LogP contribution in [-0.2, 0) is 4.74 Å². The van der Waals surface area contributed by atoms with Crippen LogP contribution in [0.25, 0.3) is 0 Å². The zero-order valence-corrected chi connectivity index (χ0v) is 11.4. The van der Waals surface area contributed by atoms with Crippen LogP contribution in [0, 0.1) is 17.3 Å². The van der Waals surface area contributed by atoms with Crippen molar-refractivity contribution < 1.29 is 4.74 Å². The van der Waals surface area contributed by atoms with Gasteiger partial charge in [0.15, 0.2) is 0 Å². The van der Waals surface area contributed by atoms with E-state index in [2.05, 4.69) is 19.2 Å². The van der Waals surface area contributed by atoms with E-state index in [1.807, 2.05) is 0 Å². The molecule has 1 aliphatic heterocycles. The minimum Gasteiger partial charge on any atom is -0.377 e. The topological polar surface area (TPSA) is 21.3 Å². The van der Waals surface area contributed by atoms with Crippen LogP contribution in [0.4, 0.5) is 0 Å². The lowest BCUT2D eigenvalue weighted by atomic mass is 9.61. The van der Waals surface area contributed by atoms with Crippen LogP contribution in [0.15, 0.2) is 0 Å². The maximum atomic E-state index is 6.14. The molecule has 0 radical (unpaired) electrons. The van der Waals surface area contributed by atoms with Crippen molar-refractivity contribution in [2.24, 2.45) is 17.3 Å². The van der Waals surface area contributed by atoms with E-state index < -0.39 is 0 Å². The highest BCUT2D eigenvalue weighted by Gasteiger charge is 2.55. The van der Waals surface area contributed by atoms with Crippen LogP contribution in [-0.4, -0.2) is 25.3 Å². The second-order valence-electron chi connectivity index (χ2n) is 6.78. The molecule has 0 aromatic rings. The average molecular weight is 237 g/mol. The molecule has 1 N–H and O–H groups in total. The summed E-state index contributed by atoms with van der Waals surface area (Å²) in [5.41, 5.74) is 0.490. The summed E-state index contributed by atoms with van der Waals surface area (Å²) in [5.74, 6) is 1.84. The van der Waals surface area contributed by atoms with Gasteiger partial charge in [0.05, 0.1) is 6.10 Å². The maximum Gasteiger partial charge on any atom is 0.0675 e. The first-order chi connectivity index (χ1) is 8.22. The molecule has 3 fully saturated rings. The fraction of sp³-hybridized carbons (Fsp3) is 1.00.